The average Bonchev–Trinajstić information content (AvgIpc) is 2.69. The minimum Gasteiger partial charge on any atom is -0.508 e. The second kappa shape index (κ2) is 3.28. The van der Waals surface area contributed by atoms with Crippen LogP contribution in [0, 0.1) is 0 Å². The maximum absolute atomic E-state index is 9.70. The molecule has 4 nitrogen and oxygen atoms in total. The van der Waals surface area contributed by atoms with Gasteiger partial charge in [0.2, 0.25) is 0 Å². The van der Waals surface area contributed by atoms with Crippen LogP contribution < -0.4 is 0 Å². The topological polar surface area (TPSA) is 40.8 Å². The Morgan fingerprint density at radius 2 is 2.17 bits per heavy atom. The third-order valence-corrected chi connectivity index (χ3v) is 4.01. The van der Waals surface area contributed by atoms with Crippen molar-refractivity contribution in [2.75, 3.05) is 20.1 Å². The molecule has 18 heavy (non-hydrogen) atoms. The molecule has 3 heterocycles. The van der Waals surface area contributed by atoms with Crippen molar-refractivity contribution < 1.29 is 5.11 Å². The summed E-state index contributed by atoms with van der Waals surface area (Å²) in [7, 11) is 2.10. The van der Waals surface area contributed by atoms with Crippen LogP contribution in [0.5, 0.6) is 5.75 Å². The van der Waals surface area contributed by atoms with Crippen molar-refractivity contribution in [2.45, 2.75) is 13.0 Å². The zero-order valence-electron chi connectivity index (χ0n) is 10.3. The van der Waals surface area contributed by atoms with Crippen LogP contribution in [0.2, 0.25) is 0 Å². The normalized spacial score (nSPS) is 17.8. The third kappa shape index (κ3) is 1.12. The number of aromatic nitrogens is 1. The summed E-state index contributed by atoms with van der Waals surface area (Å²) in [5.74, 6) is 1.46. The van der Waals surface area contributed by atoms with E-state index in [1.807, 2.05) is 12.1 Å². The van der Waals surface area contributed by atoms with E-state index in [4.69, 9.17) is 0 Å². The van der Waals surface area contributed by atoms with Gasteiger partial charge in [-0.3, -0.25) is 4.99 Å². The Labute approximate surface area is 105 Å². The van der Waals surface area contributed by atoms with Crippen LogP contribution in [0.15, 0.2) is 23.2 Å². The Morgan fingerprint density at radius 3 is 3.06 bits per heavy atom. The summed E-state index contributed by atoms with van der Waals surface area (Å²) < 4.78 is 2.35. The third-order valence-electron chi connectivity index (χ3n) is 4.01. The van der Waals surface area contributed by atoms with E-state index >= 15 is 0 Å². The Morgan fingerprint density at radius 1 is 1.28 bits per heavy atom. The SMILES string of the molecule is CN1CCn2c3c(c4cc(O)ccc42)CCN=C31. The number of phenols is 1. The van der Waals surface area contributed by atoms with E-state index in [1.54, 1.807) is 6.07 Å². The van der Waals surface area contributed by atoms with Crippen LogP contribution in [0.3, 0.4) is 0 Å². The van der Waals surface area contributed by atoms with Gasteiger partial charge in [-0.15, -0.1) is 0 Å². The second-order valence-corrected chi connectivity index (χ2v) is 5.06. The van der Waals surface area contributed by atoms with Crippen molar-refractivity contribution in [3.8, 4) is 5.75 Å². The number of aromatic hydroxyl groups is 1. The largest absolute Gasteiger partial charge is 0.508 e. The van der Waals surface area contributed by atoms with Crippen molar-refractivity contribution in [1.29, 1.82) is 0 Å². The van der Waals surface area contributed by atoms with E-state index in [2.05, 4.69) is 21.5 Å². The molecular formula is C14H15N3O. The van der Waals surface area contributed by atoms with Crippen molar-refractivity contribution >= 4 is 16.7 Å². The van der Waals surface area contributed by atoms with Crippen molar-refractivity contribution in [3.63, 3.8) is 0 Å². The van der Waals surface area contributed by atoms with Crippen LogP contribution in [0.4, 0.5) is 0 Å². The molecule has 0 spiro atoms. The monoisotopic (exact) mass is 241 g/mol. The Hall–Kier alpha value is -1.97. The number of hydrogen-bond donors (Lipinski definition) is 1. The minimum absolute atomic E-state index is 0.346. The van der Waals surface area contributed by atoms with Crippen molar-refractivity contribution in [2.24, 2.45) is 4.99 Å². The highest BCUT2D eigenvalue weighted by Crippen LogP contribution is 2.33. The molecule has 2 aromatic rings. The van der Waals surface area contributed by atoms with E-state index in [1.165, 1.54) is 22.2 Å². The number of hydrogen-bond acceptors (Lipinski definition) is 3. The van der Waals surface area contributed by atoms with Gasteiger partial charge in [-0.2, -0.15) is 0 Å². The summed E-state index contributed by atoms with van der Waals surface area (Å²) in [6.45, 7) is 2.84. The van der Waals surface area contributed by atoms with Gasteiger partial charge in [0.1, 0.15) is 11.6 Å². The average molecular weight is 241 g/mol. The molecule has 0 bridgehead atoms. The molecule has 2 aliphatic rings. The van der Waals surface area contributed by atoms with Gasteiger partial charge in [0, 0.05) is 37.6 Å². The zero-order chi connectivity index (χ0) is 12.3. The predicted octanol–water partition coefficient (Wildman–Crippen LogP) is 1.59. The lowest BCUT2D eigenvalue weighted by atomic mass is 10.0. The number of amidine groups is 1. The molecule has 0 unspecified atom stereocenters. The van der Waals surface area contributed by atoms with Gasteiger partial charge in [-0.1, -0.05) is 0 Å². The van der Waals surface area contributed by atoms with E-state index < -0.39 is 0 Å². The molecule has 4 heteroatoms. The molecule has 92 valence electrons. The highest BCUT2D eigenvalue weighted by molar-refractivity contribution is 6.06. The van der Waals surface area contributed by atoms with Crippen LogP contribution in [0.25, 0.3) is 10.9 Å². The maximum atomic E-state index is 9.70. The first-order valence-corrected chi connectivity index (χ1v) is 6.36. The van der Waals surface area contributed by atoms with Crippen molar-refractivity contribution in [1.82, 2.24) is 9.47 Å². The number of fused-ring (bicyclic) bond motifs is 3. The smallest absolute Gasteiger partial charge is 0.148 e. The molecule has 0 radical (unpaired) electrons. The Balaban J connectivity index is 2.13. The number of aliphatic imine (C=N–C) groups is 1. The van der Waals surface area contributed by atoms with Gasteiger partial charge >= 0.3 is 0 Å². The van der Waals surface area contributed by atoms with Crippen molar-refractivity contribution in [3.05, 3.63) is 29.5 Å². The summed E-state index contributed by atoms with van der Waals surface area (Å²) in [6, 6.07) is 5.68. The number of rotatable bonds is 0. The molecule has 1 aromatic carbocycles. The molecule has 0 aliphatic carbocycles. The molecule has 0 atom stereocenters. The van der Waals surface area contributed by atoms with Gasteiger partial charge < -0.3 is 14.6 Å². The fraction of sp³-hybridized carbons (Fsp3) is 0.357. The van der Waals surface area contributed by atoms with Gasteiger partial charge in [0.05, 0.1) is 5.69 Å². The van der Waals surface area contributed by atoms with E-state index in [9.17, 15) is 5.11 Å². The molecule has 1 aromatic heterocycles. The van der Waals surface area contributed by atoms with Gasteiger partial charge in [-0.25, -0.2) is 0 Å². The molecule has 0 amide bonds. The summed E-state index contributed by atoms with van der Waals surface area (Å²) in [5.41, 5.74) is 3.83. The molecule has 0 saturated heterocycles. The maximum Gasteiger partial charge on any atom is 0.148 e. The number of likely N-dealkylation sites (N-methyl/N-ethyl adjacent to an activating group) is 1. The van der Waals surface area contributed by atoms with Crippen LogP contribution >= 0.6 is 0 Å². The fourth-order valence-electron chi connectivity index (χ4n) is 3.16. The zero-order valence-corrected chi connectivity index (χ0v) is 10.3. The molecule has 0 saturated carbocycles. The van der Waals surface area contributed by atoms with Crippen LogP contribution in [-0.2, 0) is 13.0 Å². The predicted molar refractivity (Wildman–Crippen MR) is 71.3 cm³/mol. The lowest BCUT2D eigenvalue weighted by Gasteiger charge is -2.31. The molecule has 4 rings (SSSR count). The quantitative estimate of drug-likeness (QED) is 0.761. The number of benzene rings is 1. The summed E-state index contributed by atoms with van der Waals surface area (Å²) in [4.78, 5) is 6.89. The van der Waals surface area contributed by atoms with Crippen LogP contribution in [0.1, 0.15) is 11.3 Å². The van der Waals surface area contributed by atoms with Gasteiger partial charge in [0.15, 0.2) is 0 Å². The van der Waals surface area contributed by atoms with E-state index in [0.29, 0.717) is 5.75 Å². The summed E-state index contributed by atoms with van der Waals surface area (Å²) >= 11 is 0. The van der Waals surface area contributed by atoms with Gasteiger partial charge in [-0.05, 0) is 30.2 Å². The number of phenolic OH excluding ortho intramolecular Hbond substituents is 1. The van der Waals surface area contributed by atoms with E-state index in [-0.39, 0.29) is 0 Å². The first-order valence-electron chi connectivity index (χ1n) is 6.36. The number of nitrogens with zero attached hydrogens (tertiary/aromatic N) is 3. The highest BCUT2D eigenvalue weighted by atomic mass is 16.3. The fourth-order valence-corrected chi connectivity index (χ4v) is 3.16. The first kappa shape index (κ1) is 10.00. The molecule has 1 N–H and O–H groups in total. The Kier molecular flexibility index (Phi) is 1.82. The second-order valence-electron chi connectivity index (χ2n) is 5.06. The van der Waals surface area contributed by atoms with Gasteiger partial charge in [0.25, 0.3) is 0 Å². The van der Waals surface area contributed by atoms with Crippen LogP contribution in [-0.4, -0.2) is 40.5 Å². The lowest BCUT2D eigenvalue weighted by molar-refractivity contribution is 0.434. The molecular weight excluding hydrogens is 226 g/mol. The highest BCUT2D eigenvalue weighted by Gasteiger charge is 2.29. The minimum atomic E-state index is 0.346. The molecule has 0 fully saturated rings. The standard InChI is InChI=1S/C14H15N3O/c1-16-6-7-17-12-3-2-9(18)8-11(12)10-4-5-15-14(16)13(10)17/h2-3,8,18H,4-7H2,1H3. The first-order chi connectivity index (χ1) is 8.75. The summed E-state index contributed by atoms with van der Waals surface area (Å²) in [6.07, 6.45) is 0.972. The molecule has 2 aliphatic heterocycles. The summed E-state index contributed by atoms with van der Waals surface area (Å²) in [5, 5.41) is 10.9. The van der Waals surface area contributed by atoms with E-state index in [0.717, 1.165) is 31.9 Å². The Bertz CT molecular complexity index is 684. The lowest BCUT2D eigenvalue weighted by Crippen LogP contribution is -2.39.